The van der Waals surface area contributed by atoms with E-state index < -0.39 is 0 Å². The Morgan fingerprint density at radius 3 is 3.12 bits per heavy atom. The van der Waals surface area contributed by atoms with E-state index in [-0.39, 0.29) is 0 Å². The van der Waals surface area contributed by atoms with Gasteiger partial charge >= 0.3 is 0 Å². The number of aromatic nitrogens is 1. The van der Waals surface area contributed by atoms with Gasteiger partial charge in [-0.05, 0) is 50.4 Å². The second kappa shape index (κ2) is 5.65. The van der Waals surface area contributed by atoms with Crippen molar-refractivity contribution >= 4 is 11.6 Å². The van der Waals surface area contributed by atoms with Gasteiger partial charge in [0.15, 0.2) is 0 Å². The van der Waals surface area contributed by atoms with Gasteiger partial charge in [-0.3, -0.25) is 9.88 Å². The minimum Gasteiger partial charge on any atom is -0.298 e. The number of hydrogen-bond acceptors (Lipinski definition) is 2. The third-order valence-electron chi connectivity index (χ3n) is 3.27. The number of halogens is 1. The number of nitrogens with zero attached hydrogens (tertiary/aromatic N) is 2. The summed E-state index contributed by atoms with van der Waals surface area (Å²) < 4.78 is 0. The second-order valence-electron chi connectivity index (χ2n) is 4.78. The van der Waals surface area contributed by atoms with Crippen molar-refractivity contribution in [2.45, 2.75) is 32.7 Å². The van der Waals surface area contributed by atoms with E-state index in [9.17, 15) is 0 Å². The first-order valence-corrected chi connectivity index (χ1v) is 6.44. The summed E-state index contributed by atoms with van der Waals surface area (Å²) in [6, 6.07) is 3.80. The molecule has 1 aliphatic heterocycles. The van der Waals surface area contributed by atoms with Gasteiger partial charge in [-0.15, -0.1) is 0 Å². The Bertz CT molecular complexity index is 340. The minimum absolute atomic E-state index is 0.785. The molecule has 1 saturated heterocycles. The highest BCUT2D eigenvalue weighted by Crippen LogP contribution is 2.18. The SMILES string of the molecule is CC1CCCN(Cc2cc(Cl)ccn2)CC1. The van der Waals surface area contributed by atoms with Gasteiger partial charge in [0.1, 0.15) is 0 Å². The normalized spacial score (nSPS) is 23.0. The molecule has 2 heterocycles. The fraction of sp³-hybridized carbons (Fsp3) is 0.615. The van der Waals surface area contributed by atoms with E-state index in [0.717, 1.165) is 23.2 Å². The molecule has 0 N–H and O–H groups in total. The van der Waals surface area contributed by atoms with Crippen LogP contribution in [0.25, 0.3) is 0 Å². The van der Waals surface area contributed by atoms with Crippen LogP contribution in [0.3, 0.4) is 0 Å². The molecular formula is C13H19ClN2. The number of hydrogen-bond donors (Lipinski definition) is 0. The Hall–Kier alpha value is -0.600. The highest BCUT2D eigenvalue weighted by molar-refractivity contribution is 6.30. The summed E-state index contributed by atoms with van der Waals surface area (Å²) in [5, 5.41) is 0.785. The standard InChI is InChI=1S/C13H19ClN2/c1-11-3-2-7-16(8-5-11)10-13-9-12(14)4-6-15-13/h4,6,9,11H,2-3,5,7-8,10H2,1H3. The Morgan fingerprint density at radius 2 is 2.31 bits per heavy atom. The molecule has 0 amide bonds. The van der Waals surface area contributed by atoms with E-state index in [0.29, 0.717) is 0 Å². The third kappa shape index (κ3) is 3.46. The average molecular weight is 239 g/mol. The maximum absolute atomic E-state index is 5.96. The smallest absolute Gasteiger partial charge is 0.0558 e. The van der Waals surface area contributed by atoms with E-state index in [1.807, 2.05) is 12.1 Å². The average Bonchev–Trinajstić information content (AvgIpc) is 2.44. The van der Waals surface area contributed by atoms with E-state index >= 15 is 0 Å². The lowest BCUT2D eigenvalue weighted by Crippen LogP contribution is -2.24. The van der Waals surface area contributed by atoms with Crippen molar-refractivity contribution < 1.29 is 0 Å². The number of rotatable bonds is 2. The maximum atomic E-state index is 5.96. The third-order valence-corrected chi connectivity index (χ3v) is 3.51. The molecule has 1 fully saturated rings. The molecule has 0 aromatic carbocycles. The zero-order valence-electron chi connectivity index (χ0n) is 9.82. The van der Waals surface area contributed by atoms with Crippen molar-refractivity contribution in [2.24, 2.45) is 5.92 Å². The zero-order chi connectivity index (χ0) is 11.4. The van der Waals surface area contributed by atoms with Crippen LogP contribution in [0.15, 0.2) is 18.3 Å². The Balaban J connectivity index is 1.93. The largest absolute Gasteiger partial charge is 0.298 e. The first-order chi connectivity index (χ1) is 7.74. The minimum atomic E-state index is 0.785. The topological polar surface area (TPSA) is 16.1 Å². The summed E-state index contributed by atoms with van der Waals surface area (Å²) in [6.07, 6.45) is 5.76. The lowest BCUT2D eigenvalue weighted by atomic mass is 10.0. The Labute approximate surface area is 103 Å². The summed E-state index contributed by atoms with van der Waals surface area (Å²) in [5.74, 6) is 0.873. The van der Waals surface area contributed by atoms with Crippen molar-refractivity contribution in [3.05, 3.63) is 29.0 Å². The van der Waals surface area contributed by atoms with Crippen molar-refractivity contribution in [1.82, 2.24) is 9.88 Å². The summed E-state index contributed by atoms with van der Waals surface area (Å²) in [7, 11) is 0. The molecule has 0 aliphatic carbocycles. The molecule has 0 spiro atoms. The van der Waals surface area contributed by atoms with Gasteiger partial charge in [-0.1, -0.05) is 18.5 Å². The molecule has 1 atom stereocenters. The first-order valence-electron chi connectivity index (χ1n) is 6.07. The van der Waals surface area contributed by atoms with E-state index in [1.54, 1.807) is 6.20 Å². The first kappa shape index (κ1) is 11.9. The molecule has 2 rings (SSSR count). The summed E-state index contributed by atoms with van der Waals surface area (Å²) in [5.41, 5.74) is 1.09. The molecule has 2 nitrogen and oxygen atoms in total. The Kier molecular flexibility index (Phi) is 4.19. The fourth-order valence-corrected chi connectivity index (χ4v) is 2.43. The molecule has 88 valence electrons. The molecule has 3 heteroatoms. The highest BCUT2D eigenvalue weighted by Gasteiger charge is 2.14. The molecular weight excluding hydrogens is 220 g/mol. The van der Waals surface area contributed by atoms with Crippen molar-refractivity contribution in [2.75, 3.05) is 13.1 Å². The molecule has 1 aliphatic rings. The molecule has 1 unspecified atom stereocenters. The maximum Gasteiger partial charge on any atom is 0.0558 e. The van der Waals surface area contributed by atoms with Crippen LogP contribution in [0.4, 0.5) is 0 Å². The fourth-order valence-electron chi connectivity index (χ4n) is 2.24. The van der Waals surface area contributed by atoms with Crippen LogP contribution in [0.1, 0.15) is 31.9 Å². The lowest BCUT2D eigenvalue weighted by molar-refractivity contribution is 0.270. The lowest BCUT2D eigenvalue weighted by Gasteiger charge is -2.19. The number of likely N-dealkylation sites (tertiary alicyclic amines) is 1. The van der Waals surface area contributed by atoms with Crippen LogP contribution < -0.4 is 0 Å². The van der Waals surface area contributed by atoms with Gasteiger partial charge in [0.2, 0.25) is 0 Å². The van der Waals surface area contributed by atoms with Crippen LogP contribution >= 0.6 is 11.6 Å². The van der Waals surface area contributed by atoms with Gasteiger partial charge < -0.3 is 0 Å². The van der Waals surface area contributed by atoms with Gasteiger partial charge in [-0.2, -0.15) is 0 Å². The predicted octanol–water partition coefficient (Wildman–Crippen LogP) is 3.36. The summed E-state index contributed by atoms with van der Waals surface area (Å²) >= 11 is 5.96. The Morgan fingerprint density at radius 1 is 1.44 bits per heavy atom. The van der Waals surface area contributed by atoms with Gasteiger partial charge in [0.25, 0.3) is 0 Å². The molecule has 16 heavy (non-hydrogen) atoms. The van der Waals surface area contributed by atoms with Crippen molar-refractivity contribution in [3.8, 4) is 0 Å². The van der Waals surface area contributed by atoms with Gasteiger partial charge in [0.05, 0.1) is 5.69 Å². The van der Waals surface area contributed by atoms with Crippen LogP contribution in [-0.4, -0.2) is 23.0 Å². The highest BCUT2D eigenvalue weighted by atomic mass is 35.5. The molecule has 0 saturated carbocycles. The molecule has 1 aromatic rings. The van der Waals surface area contributed by atoms with E-state index in [2.05, 4.69) is 16.8 Å². The van der Waals surface area contributed by atoms with Crippen LogP contribution in [-0.2, 0) is 6.54 Å². The molecule has 0 bridgehead atoms. The van der Waals surface area contributed by atoms with Crippen LogP contribution in [0, 0.1) is 5.92 Å². The monoisotopic (exact) mass is 238 g/mol. The van der Waals surface area contributed by atoms with E-state index in [4.69, 9.17) is 11.6 Å². The summed E-state index contributed by atoms with van der Waals surface area (Å²) in [6.45, 7) is 5.67. The van der Waals surface area contributed by atoms with E-state index in [1.165, 1.54) is 32.4 Å². The van der Waals surface area contributed by atoms with Crippen molar-refractivity contribution in [3.63, 3.8) is 0 Å². The van der Waals surface area contributed by atoms with Crippen LogP contribution in [0.2, 0.25) is 5.02 Å². The zero-order valence-corrected chi connectivity index (χ0v) is 10.6. The van der Waals surface area contributed by atoms with Gasteiger partial charge in [-0.25, -0.2) is 0 Å². The number of pyridine rings is 1. The quantitative estimate of drug-likeness (QED) is 0.786. The molecule has 0 radical (unpaired) electrons. The molecule has 1 aromatic heterocycles. The van der Waals surface area contributed by atoms with Gasteiger partial charge in [0, 0.05) is 17.8 Å². The van der Waals surface area contributed by atoms with Crippen LogP contribution in [0.5, 0.6) is 0 Å². The second-order valence-corrected chi connectivity index (χ2v) is 5.21. The summed E-state index contributed by atoms with van der Waals surface area (Å²) in [4.78, 5) is 6.85. The predicted molar refractivity (Wildman–Crippen MR) is 67.5 cm³/mol. The van der Waals surface area contributed by atoms with Crippen molar-refractivity contribution in [1.29, 1.82) is 0 Å².